The van der Waals surface area contributed by atoms with Crippen LogP contribution in [0.15, 0.2) is 53.1 Å². The van der Waals surface area contributed by atoms with Gasteiger partial charge in [-0.15, -0.1) is 0 Å². The molecule has 0 bridgehead atoms. The van der Waals surface area contributed by atoms with Crippen molar-refractivity contribution in [2.24, 2.45) is 0 Å². The van der Waals surface area contributed by atoms with Gasteiger partial charge in [0.1, 0.15) is 0 Å². The highest BCUT2D eigenvalue weighted by Crippen LogP contribution is 2.28. The van der Waals surface area contributed by atoms with Gasteiger partial charge in [-0.25, -0.2) is 0 Å². The number of hydrogen-bond acceptors (Lipinski definition) is 4. The number of carbonyl (C=O) groups excluding carboxylic acids is 1. The molecule has 0 spiro atoms. The van der Waals surface area contributed by atoms with E-state index in [1.165, 1.54) is 12.7 Å². The van der Waals surface area contributed by atoms with Crippen LogP contribution in [0, 0.1) is 6.92 Å². The summed E-state index contributed by atoms with van der Waals surface area (Å²) in [6, 6.07) is 13.2. The van der Waals surface area contributed by atoms with Crippen molar-refractivity contribution in [3.8, 4) is 11.5 Å². The molecule has 2 aromatic carbocycles. The van der Waals surface area contributed by atoms with Crippen molar-refractivity contribution in [3.05, 3.63) is 69.8 Å². The number of nitrogens with zero attached hydrogens (tertiary/aromatic N) is 2. The lowest BCUT2D eigenvalue weighted by atomic mass is 10.1. The van der Waals surface area contributed by atoms with Crippen LogP contribution in [0.4, 0.5) is 5.82 Å². The number of aryl methyl sites for hydroxylation is 1. The van der Waals surface area contributed by atoms with E-state index < -0.39 is 0 Å². The molecule has 0 saturated heterocycles. The SMILES string of the molecule is COc1ccc(C(=O)Nc2nn(Cc3ccc(C)cc3)cc2Br)cc1OC. The topological polar surface area (TPSA) is 65.4 Å². The molecular formula is C20H20BrN3O3. The average molecular weight is 430 g/mol. The van der Waals surface area contributed by atoms with Gasteiger partial charge in [-0.05, 0) is 46.6 Å². The normalized spacial score (nSPS) is 10.5. The number of amides is 1. The third-order valence-corrected chi connectivity index (χ3v) is 4.64. The Kier molecular flexibility index (Phi) is 5.81. The fraction of sp³-hybridized carbons (Fsp3) is 0.200. The maximum atomic E-state index is 12.6. The molecule has 3 rings (SSSR count). The van der Waals surface area contributed by atoms with Gasteiger partial charge in [0.2, 0.25) is 0 Å². The van der Waals surface area contributed by atoms with Crippen molar-refractivity contribution in [2.75, 3.05) is 19.5 Å². The summed E-state index contributed by atoms with van der Waals surface area (Å²) in [7, 11) is 3.08. The number of rotatable bonds is 6. The first kappa shape index (κ1) is 19.0. The molecule has 140 valence electrons. The van der Waals surface area contributed by atoms with Crippen molar-refractivity contribution in [2.45, 2.75) is 13.5 Å². The van der Waals surface area contributed by atoms with Gasteiger partial charge in [-0.1, -0.05) is 29.8 Å². The summed E-state index contributed by atoms with van der Waals surface area (Å²) in [4.78, 5) is 12.6. The second-order valence-corrected chi connectivity index (χ2v) is 6.89. The molecule has 0 aliphatic carbocycles. The van der Waals surface area contributed by atoms with Gasteiger partial charge in [-0.3, -0.25) is 9.48 Å². The lowest BCUT2D eigenvalue weighted by Gasteiger charge is -2.09. The molecule has 1 amide bonds. The smallest absolute Gasteiger partial charge is 0.257 e. The van der Waals surface area contributed by atoms with Gasteiger partial charge in [-0.2, -0.15) is 5.10 Å². The molecule has 3 aromatic rings. The molecule has 0 fully saturated rings. The molecule has 0 unspecified atom stereocenters. The fourth-order valence-electron chi connectivity index (χ4n) is 2.60. The molecule has 0 aliphatic heterocycles. The predicted octanol–water partition coefficient (Wildman–Crippen LogP) is 4.27. The zero-order valence-electron chi connectivity index (χ0n) is 15.3. The molecule has 27 heavy (non-hydrogen) atoms. The number of nitrogens with one attached hydrogen (secondary N) is 1. The molecular weight excluding hydrogens is 410 g/mol. The minimum absolute atomic E-state index is 0.280. The maximum absolute atomic E-state index is 12.6. The number of aromatic nitrogens is 2. The van der Waals surface area contributed by atoms with Crippen LogP contribution in [0.1, 0.15) is 21.5 Å². The van der Waals surface area contributed by atoms with E-state index in [1.54, 1.807) is 30.0 Å². The number of methoxy groups -OCH3 is 2. The van der Waals surface area contributed by atoms with E-state index in [9.17, 15) is 4.79 Å². The van der Waals surface area contributed by atoms with Gasteiger partial charge in [0.25, 0.3) is 5.91 Å². The Morgan fingerprint density at radius 3 is 2.48 bits per heavy atom. The van der Waals surface area contributed by atoms with Gasteiger partial charge >= 0.3 is 0 Å². The van der Waals surface area contributed by atoms with E-state index in [0.717, 1.165) is 5.56 Å². The summed E-state index contributed by atoms with van der Waals surface area (Å²) in [5.41, 5.74) is 2.80. The van der Waals surface area contributed by atoms with Crippen molar-refractivity contribution in [1.29, 1.82) is 0 Å². The molecule has 1 aromatic heterocycles. The first-order valence-electron chi connectivity index (χ1n) is 8.32. The number of benzene rings is 2. The zero-order chi connectivity index (χ0) is 19.4. The van der Waals surface area contributed by atoms with E-state index >= 15 is 0 Å². The third kappa shape index (κ3) is 4.49. The fourth-order valence-corrected chi connectivity index (χ4v) is 3.02. The van der Waals surface area contributed by atoms with Crippen LogP contribution in [-0.2, 0) is 6.54 Å². The lowest BCUT2D eigenvalue weighted by molar-refractivity contribution is 0.102. The largest absolute Gasteiger partial charge is 0.493 e. The quantitative estimate of drug-likeness (QED) is 0.635. The molecule has 0 saturated carbocycles. The maximum Gasteiger partial charge on any atom is 0.257 e. The van der Waals surface area contributed by atoms with E-state index in [-0.39, 0.29) is 5.91 Å². The molecule has 0 aliphatic rings. The predicted molar refractivity (Wildman–Crippen MR) is 108 cm³/mol. The minimum atomic E-state index is -0.280. The highest BCUT2D eigenvalue weighted by Gasteiger charge is 2.14. The summed E-state index contributed by atoms with van der Waals surface area (Å²) in [5, 5.41) is 7.27. The number of hydrogen-bond donors (Lipinski definition) is 1. The summed E-state index contributed by atoms with van der Waals surface area (Å²) in [5.74, 6) is 1.24. The van der Waals surface area contributed by atoms with Crippen LogP contribution in [0.5, 0.6) is 11.5 Å². The Labute approximate surface area is 166 Å². The van der Waals surface area contributed by atoms with E-state index in [0.29, 0.717) is 33.9 Å². The van der Waals surface area contributed by atoms with Crippen LogP contribution >= 0.6 is 15.9 Å². The van der Waals surface area contributed by atoms with E-state index in [1.807, 2.05) is 6.20 Å². The number of ether oxygens (including phenoxy) is 2. The molecule has 0 radical (unpaired) electrons. The Morgan fingerprint density at radius 1 is 1.11 bits per heavy atom. The Bertz CT molecular complexity index is 952. The van der Waals surface area contributed by atoms with Crippen LogP contribution in [0.25, 0.3) is 0 Å². The zero-order valence-corrected chi connectivity index (χ0v) is 16.9. The summed E-state index contributed by atoms with van der Waals surface area (Å²) >= 11 is 3.45. The van der Waals surface area contributed by atoms with Gasteiger partial charge < -0.3 is 14.8 Å². The van der Waals surface area contributed by atoms with Crippen molar-refractivity contribution in [1.82, 2.24) is 9.78 Å². The van der Waals surface area contributed by atoms with Crippen LogP contribution in [0.2, 0.25) is 0 Å². The highest BCUT2D eigenvalue weighted by molar-refractivity contribution is 9.10. The molecule has 6 nitrogen and oxygen atoms in total. The average Bonchev–Trinajstić information content (AvgIpc) is 3.01. The van der Waals surface area contributed by atoms with Crippen molar-refractivity contribution < 1.29 is 14.3 Å². The van der Waals surface area contributed by atoms with Crippen LogP contribution < -0.4 is 14.8 Å². The standard InChI is InChI=1S/C20H20BrN3O3/c1-13-4-6-14(7-5-13)11-24-12-16(21)19(23-24)22-20(25)15-8-9-17(26-2)18(10-15)27-3/h4-10,12H,11H2,1-3H3,(H,22,23,25). The highest BCUT2D eigenvalue weighted by atomic mass is 79.9. The first-order valence-corrected chi connectivity index (χ1v) is 9.11. The van der Waals surface area contributed by atoms with Crippen LogP contribution in [-0.4, -0.2) is 29.9 Å². The second kappa shape index (κ2) is 8.26. The monoisotopic (exact) mass is 429 g/mol. The number of carbonyl (C=O) groups is 1. The minimum Gasteiger partial charge on any atom is -0.493 e. The third-order valence-electron chi connectivity index (χ3n) is 4.06. The number of anilines is 1. The summed E-state index contributed by atoms with van der Waals surface area (Å²) < 4.78 is 12.9. The van der Waals surface area contributed by atoms with E-state index in [4.69, 9.17) is 9.47 Å². The Balaban J connectivity index is 1.74. The Morgan fingerprint density at radius 2 is 1.81 bits per heavy atom. The molecule has 7 heteroatoms. The van der Waals surface area contributed by atoms with Gasteiger partial charge in [0.15, 0.2) is 17.3 Å². The van der Waals surface area contributed by atoms with E-state index in [2.05, 4.69) is 57.5 Å². The molecule has 1 N–H and O–H groups in total. The Hall–Kier alpha value is -2.80. The molecule has 1 heterocycles. The van der Waals surface area contributed by atoms with Gasteiger partial charge in [0.05, 0.1) is 25.2 Å². The van der Waals surface area contributed by atoms with Crippen molar-refractivity contribution >= 4 is 27.7 Å². The van der Waals surface area contributed by atoms with Gasteiger partial charge in [0, 0.05) is 11.8 Å². The lowest BCUT2D eigenvalue weighted by Crippen LogP contribution is -2.13. The number of halogens is 1. The summed E-state index contributed by atoms with van der Waals surface area (Å²) in [6.45, 7) is 2.67. The van der Waals surface area contributed by atoms with Crippen LogP contribution in [0.3, 0.4) is 0 Å². The second-order valence-electron chi connectivity index (χ2n) is 6.03. The summed E-state index contributed by atoms with van der Waals surface area (Å²) in [6.07, 6.45) is 1.84. The van der Waals surface area contributed by atoms with Crippen molar-refractivity contribution in [3.63, 3.8) is 0 Å². The molecule has 0 atom stereocenters. The first-order chi connectivity index (χ1) is 13.0.